The third-order valence-electron chi connectivity index (χ3n) is 3.65. The van der Waals surface area contributed by atoms with E-state index in [2.05, 4.69) is 15.5 Å². The van der Waals surface area contributed by atoms with Gasteiger partial charge in [0.2, 0.25) is 5.84 Å². The number of hydrogen-bond acceptors (Lipinski definition) is 3. The molecule has 2 amide bonds. The molecule has 25 heavy (non-hydrogen) atoms. The lowest BCUT2D eigenvalue weighted by atomic mass is 10.3. The second-order valence-corrected chi connectivity index (χ2v) is 5.32. The average Bonchev–Trinajstić information content (AvgIpc) is 2.70. The Morgan fingerprint density at radius 1 is 0.680 bits per heavy atom. The van der Waals surface area contributed by atoms with Gasteiger partial charge in [-0.3, -0.25) is 4.98 Å². The zero-order valence-electron chi connectivity index (χ0n) is 13.2. The molecule has 0 saturated carbocycles. The zero-order valence-corrected chi connectivity index (χ0v) is 13.2. The second kappa shape index (κ2) is 6.45. The number of hydrazone groups is 1. The number of pyridine rings is 1. The summed E-state index contributed by atoms with van der Waals surface area (Å²) < 4.78 is 0. The number of hydrogen-bond donors (Lipinski definition) is 0. The van der Waals surface area contributed by atoms with Crippen LogP contribution in [0.15, 0.2) is 90.2 Å². The summed E-state index contributed by atoms with van der Waals surface area (Å²) in [6.45, 7) is 0. The van der Waals surface area contributed by atoms with E-state index in [1.807, 2.05) is 78.9 Å². The van der Waals surface area contributed by atoms with E-state index in [4.69, 9.17) is 0 Å². The SMILES string of the molecule is O=C1N(c2ccccc2)[N]C(c2ccccn2)=NN1c1ccccc1. The van der Waals surface area contributed by atoms with Crippen LogP contribution in [0.5, 0.6) is 0 Å². The fourth-order valence-corrected chi connectivity index (χ4v) is 2.46. The highest BCUT2D eigenvalue weighted by Gasteiger charge is 2.32. The lowest BCUT2D eigenvalue weighted by Crippen LogP contribution is -2.52. The highest BCUT2D eigenvalue weighted by Crippen LogP contribution is 2.23. The van der Waals surface area contributed by atoms with Crippen molar-refractivity contribution in [3.8, 4) is 0 Å². The molecule has 1 aromatic heterocycles. The molecule has 0 N–H and O–H groups in total. The van der Waals surface area contributed by atoms with E-state index in [9.17, 15) is 4.79 Å². The second-order valence-electron chi connectivity index (χ2n) is 5.32. The van der Waals surface area contributed by atoms with Gasteiger partial charge in [0, 0.05) is 6.20 Å². The molecule has 0 fully saturated rings. The van der Waals surface area contributed by atoms with Gasteiger partial charge in [-0.05, 0) is 36.4 Å². The van der Waals surface area contributed by atoms with E-state index >= 15 is 0 Å². The van der Waals surface area contributed by atoms with Crippen molar-refractivity contribution in [2.75, 3.05) is 10.0 Å². The Morgan fingerprint density at radius 3 is 1.88 bits per heavy atom. The largest absolute Gasteiger partial charge is 0.370 e. The van der Waals surface area contributed by atoms with Gasteiger partial charge in [0.25, 0.3) is 0 Å². The van der Waals surface area contributed by atoms with Gasteiger partial charge in [0.15, 0.2) is 0 Å². The molecule has 6 heteroatoms. The monoisotopic (exact) mass is 328 g/mol. The topological polar surface area (TPSA) is 62.9 Å². The lowest BCUT2D eigenvalue weighted by Gasteiger charge is -2.31. The first-order chi connectivity index (χ1) is 12.3. The number of anilines is 2. The Bertz CT molecular complexity index is 897. The number of carbonyl (C=O) groups is 1. The molecule has 1 aliphatic rings. The van der Waals surface area contributed by atoms with Crippen LogP contribution in [-0.4, -0.2) is 16.9 Å². The molecule has 121 valence electrons. The Balaban J connectivity index is 1.80. The van der Waals surface area contributed by atoms with Crippen LogP contribution in [0.2, 0.25) is 0 Å². The third kappa shape index (κ3) is 2.92. The van der Waals surface area contributed by atoms with Crippen LogP contribution in [0, 0.1) is 0 Å². The van der Waals surface area contributed by atoms with Crippen molar-refractivity contribution < 1.29 is 4.79 Å². The Hall–Kier alpha value is -3.67. The Labute approximate surface area is 145 Å². The van der Waals surface area contributed by atoms with E-state index in [1.165, 1.54) is 10.0 Å². The molecule has 2 aromatic carbocycles. The summed E-state index contributed by atoms with van der Waals surface area (Å²) in [5, 5.41) is 7.08. The Morgan fingerprint density at radius 2 is 1.28 bits per heavy atom. The van der Waals surface area contributed by atoms with E-state index in [-0.39, 0.29) is 6.03 Å². The summed E-state index contributed by atoms with van der Waals surface area (Å²) in [6.07, 6.45) is 1.67. The molecule has 0 aliphatic carbocycles. The van der Waals surface area contributed by atoms with Crippen LogP contribution < -0.4 is 15.4 Å². The lowest BCUT2D eigenvalue weighted by molar-refractivity contribution is 0.249. The molecule has 4 rings (SSSR count). The van der Waals surface area contributed by atoms with Gasteiger partial charge in [0.1, 0.15) is 5.69 Å². The minimum atomic E-state index is -0.350. The van der Waals surface area contributed by atoms with Crippen LogP contribution in [-0.2, 0) is 0 Å². The minimum absolute atomic E-state index is 0.350. The van der Waals surface area contributed by atoms with Gasteiger partial charge < -0.3 is 0 Å². The molecule has 3 aromatic rings. The molecule has 0 atom stereocenters. The normalized spacial score (nSPS) is 14.1. The van der Waals surface area contributed by atoms with Crippen molar-refractivity contribution in [1.82, 2.24) is 10.4 Å². The summed E-state index contributed by atoms with van der Waals surface area (Å²) in [6, 6.07) is 23.7. The summed E-state index contributed by atoms with van der Waals surface area (Å²) >= 11 is 0. The molecule has 1 radical (unpaired) electrons. The van der Waals surface area contributed by atoms with Crippen LogP contribution in [0.4, 0.5) is 16.2 Å². The molecule has 6 nitrogen and oxygen atoms in total. The number of nitrogens with zero attached hydrogens (tertiary/aromatic N) is 5. The van der Waals surface area contributed by atoms with Crippen LogP contribution in [0.1, 0.15) is 5.69 Å². The average molecular weight is 328 g/mol. The molecule has 0 unspecified atom stereocenters. The maximum atomic E-state index is 12.9. The first kappa shape index (κ1) is 14.9. The molecule has 0 bridgehead atoms. The molecule has 2 heterocycles. The molecule has 0 saturated heterocycles. The minimum Gasteiger partial charge on any atom is -0.253 e. The molecular weight excluding hydrogens is 314 g/mol. The predicted octanol–water partition coefficient (Wildman–Crippen LogP) is 3.41. The molecule has 0 spiro atoms. The van der Waals surface area contributed by atoms with Gasteiger partial charge in [-0.15, -0.1) is 10.5 Å². The van der Waals surface area contributed by atoms with E-state index in [0.29, 0.717) is 22.9 Å². The zero-order chi connectivity index (χ0) is 17.1. The Kier molecular flexibility index (Phi) is 3.84. The van der Waals surface area contributed by atoms with Crippen LogP contribution >= 0.6 is 0 Å². The quantitative estimate of drug-likeness (QED) is 0.739. The van der Waals surface area contributed by atoms with Gasteiger partial charge >= 0.3 is 6.03 Å². The van der Waals surface area contributed by atoms with Crippen LogP contribution in [0.3, 0.4) is 0 Å². The van der Waals surface area contributed by atoms with Crippen molar-refractivity contribution in [2.45, 2.75) is 0 Å². The molecule has 1 aliphatic heterocycles. The summed E-state index contributed by atoms with van der Waals surface area (Å²) in [5.74, 6) is 0.368. The van der Waals surface area contributed by atoms with Crippen molar-refractivity contribution in [2.24, 2.45) is 5.10 Å². The van der Waals surface area contributed by atoms with Gasteiger partial charge in [-0.2, -0.15) is 10.0 Å². The summed E-state index contributed by atoms with van der Waals surface area (Å²) in [7, 11) is 0. The number of para-hydroxylation sites is 2. The maximum Gasteiger partial charge on any atom is 0.370 e. The first-order valence-corrected chi connectivity index (χ1v) is 7.79. The smallest absolute Gasteiger partial charge is 0.253 e. The number of benzene rings is 2. The maximum absolute atomic E-state index is 12.9. The number of carbonyl (C=O) groups excluding carboxylic acids is 1. The predicted molar refractivity (Wildman–Crippen MR) is 96.1 cm³/mol. The van der Waals surface area contributed by atoms with Crippen LogP contribution in [0.25, 0.3) is 0 Å². The summed E-state index contributed by atoms with van der Waals surface area (Å²) in [5.41, 5.74) is 6.33. The fraction of sp³-hybridized carbons (Fsp3) is 0. The third-order valence-corrected chi connectivity index (χ3v) is 3.65. The van der Waals surface area contributed by atoms with Crippen molar-refractivity contribution in [3.05, 3.63) is 90.8 Å². The van der Waals surface area contributed by atoms with E-state index in [1.54, 1.807) is 6.20 Å². The van der Waals surface area contributed by atoms with Crippen molar-refractivity contribution in [3.63, 3.8) is 0 Å². The molecular formula is C19H14N5O. The highest BCUT2D eigenvalue weighted by atomic mass is 16.2. The van der Waals surface area contributed by atoms with Gasteiger partial charge in [0.05, 0.1) is 11.4 Å². The van der Waals surface area contributed by atoms with Gasteiger partial charge in [-0.25, -0.2) is 4.79 Å². The van der Waals surface area contributed by atoms with E-state index in [0.717, 1.165) is 0 Å². The summed E-state index contributed by atoms with van der Waals surface area (Å²) in [4.78, 5) is 17.2. The van der Waals surface area contributed by atoms with Crippen molar-refractivity contribution in [1.29, 1.82) is 0 Å². The van der Waals surface area contributed by atoms with E-state index < -0.39 is 0 Å². The number of urea groups is 1. The highest BCUT2D eigenvalue weighted by molar-refractivity contribution is 6.12. The number of aromatic nitrogens is 1. The standard InChI is InChI=1S/C19H14N5O/c25-19-23(15-9-3-1-4-10-15)21-18(17-13-7-8-14-20-17)22-24(19)16-11-5-2-6-12-16/h1-14H. The number of amides is 2. The fourth-order valence-electron chi connectivity index (χ4n) is 2.46. The first-order valence-electron chi connectivity index (χ1n) is 7.79. The van der Waals surface area contributed by atoms with Crippen molar-refractivity contribution >= 4 is 23.2 Å². The number of rotatable bonds is 3. The van der Waals surface area contributed by atoms with Gasteiger partial charge in [-0.1, -0.05) is 42.5 Å². The number of amidine groups is 1.